The van der Waals surface area contributed by atoms with E-state index in [0.29, 0.717) is 6.61 Å². The van der Waals surface area contributed by atoms with Crippen molar-refractivity contribution in [2.75, 3.05) is 19.8 Å². The molecule has 2 rings (SSSR count). The van der Waals surface area contributed by atoms with Crippen LogP contribution in [0.2, 0.25) is 0 Å². The summed E-state index contributed by atoms with van der Waals surface area (Å²) in [7, 11) is -3.78. The van der Waals surface area contributed by atoms with Gasteiger partial charge < -0.3 is 15.1 Å². The first-order valence-electron chi connectivity index (χ1n) is 4.86. The van der Waals surface area contributed by atoms with Gasteiger partial charge in [0.1, 0.15) is 5.75 Å². The van der Waals surface area contributed by atoms with Crippen LogP contribution in [0.15, 0.2) is 30.3 Å². The molecule has 1 aromatic carbocycles. The van der Waals surface area contributed by atoms with E-state index < -0.39 is 15.6 Å². The molecule has 0 radical (unpaired) electrons. The van der Waals surface area contributed by atoms with Gasteiger partial charge in [-0.05, 0) is 12.1 Å². The van der Waals surface area contributed by atoms with Gasteiger partial charge in [0.2, 0.25) is 5.44 Å². The molecule has 0 saturated carbocycles. The van der Waals surface area contributed by atoms with Crippen LogP contribution in [0.1, 0.15) is 1.43 Å². The molecular formula is C10H13NaO5S. The Labute approximate surface area is 124 Å². The van der Waals surface area contributed by atoms with Gasteiger partial charge in [-0.3, -0.25) is 0 Å². The van der Waals surface area contributed by atoms with E-state index in [1.807, 2.05) is 0 Å². The van der Waals surface area contributed by atoms with Crippen molar-refractivity contribution in [1.29, 1.82) is 0 Å². The molecule has 0 spiro atoms. The van der Waals surface area contributed by atoms with Crippen molar-refractivity contribution in [2.45, 2.75) is 5.44 Å². The molecule has 0 aliphatic carbocycles. The van der Waals surface area contributed by atoms with Gasteiger partial charge in [-0.25, -0.2) is 0 Å². The fraction of sp³-hybridized carbons (Fsp3) is 0.400. The summed E-state index contributed by atoms with van der Waals surface area (Å²) in [4.78, 5) is 0. The molecule has 0 amide bonds. The van der Waals surface area contributed by atoms with E-state index >= 15 is 0 Å². The van der Waals surface area contributed by atoms with Crippen LogP contribution >= 0.6 is 0 Å². The number of ether oxygens (including phenoxy) is 2. The third-order valence-electron chi connectivity index (χ3n) is 2.06. The van der Waals surface area contributed by atoms with Gasteiger partial charge in [-0.1, -0.05) is 18.2 Å². The second kappa shape index (κ2) is 6.72. The number of para-hydroxylation sites is 1. The maximum atomic E-state index is 11.7. The number of rotatable bonds is 3. The van der Waals surface area contributed by atoms with Crippen LogP contribution in [0.3, 0.4) is 0 Å². The van der Waals surface area contributed by atoms with E-state index in [4.69, 9.17) is 13.7 Å². The molecule has 1 aliphatic rings. The van der Waals surface area contributed by atoms with Crippen molar-refractivity contribution in [2.24, 2.45) is 0 Å². The van der Waals surface area contributed by atoms with Gasteiger partial charge in [0, 0.05) is 0 Å². The standard InChI is InChI=1S/C10H12O5S.Na.H/c11-16(12,10-8-13-6-7-14-10)15-9-4-2-1-3-5-9;;/h1-5,10H,6-8H2;;/q;+1;-1. The minimum atomic E-state index is -3.78. The number of benzene rings is 1. The second-order valence-electron chi connectivity index (χ2n) is 3.26. The predicted molar refractivity (Wildman–Crippen MR) is 57.7 cm³/mol. The Bertz CT molecular complexity index is 433. The zero-order chi connectivity index (χ0) is 11.4. The largest absolute Gasteiger partial charge is 1.00 e. The van der Waals surface area contributed by atoms with E-state index in [-0.39, 0.29) is 49.9 Å². The van der Waals surface area contributed by atoms with Gasteiger partial charge in [0.25, 0.3) is 0 Å². The fourth-order valence-corrected chi connectivity index (χ4v) is 2.31. The average molecular weight is 268 g/mol. The third-order valence-corrected chi connectivity index (χ3v) is 3.40. The Hall–Kier alpha value is -0.110. The normalized spacial score (nSPS) is 20.4. The van der Waals surface area contributed by atoms with Crippen LogP contribution in [0.5, 0.6) is 5.75 Å². The van der Waals surface area contributed by atoms with E-state index in [1.165, 1.54) is 0 Å². The predicted octanol–water partition coefficient (Wildman–Crippen LogP) is -2.12. The van der Waals surface area contributed by atoms with Crippen molar-refractivity contribution in [1.82, 2.24) is 0 Å². The van der Waals surface area contributed by atoms with Gasteiger partial charge >= 0.3 is 39.7 Å². The molecule has 1 saturated heterocycles. The summed E-state index contributed by atoms with van der Waals surface area (Å²) in [5, 5.41) is 0. The summed E-state index contributed by atoms with van der Waals surface area (Å²) in [5.41, 5.74) is -1.04. The summed E-state index contributed by atoms with van der Waals surface area (Å²) >= 11 is 0. The van der Waals surface area contributed by atoms with Crippen LogP contribution < -0.4 is 33.7 Å². The molecule has 0 aromatic heterocycles. The minimum absolute atomic E-state index is 0. The number of hydrogen-bond acceptors (Lipinski definition) is 5. The zero-order valence-electron chi connectivity index (χ0n) is 10.5. The first-order valence-corrected chi connectivity index (χ1v) is 6.33. The number of hydrogen-bond donors (Lipinski definition) is 0. The topological polar surface area (TPSA) is 61.8 Å². The Morgan fingerprint density at radius 3 is 2.53 bits per heavy atom. The van der Waals surface area contributed by atoms with E-state index in [0.717, 1.165) is 0 Å². The van der Waals surface area contributed by atoms with Crippen LogP contribution in [0, 0.1) is 0 Å². The molecule has 1 unspecified atom stereocenters. The van der Waals surface area contributed by atoms with Gasteiger partial charge in [0.05, 0.1) is 19.8 Å². The molecule has 17 heavy (non-hydrogen) atoms. The van der Waals surface area contributed by atoms with Crippen LogP contribution in [-0.4, -0.2) is 33.7 Å². The molecular weight excluding hydrogens is 255 g/mol. The smallest absolute Gasteiger partial charge is 1.00 e. The zero-order valence-corrected chi connectivity index (χ0v) is 12.4. The molecule has 0 N–H and O–H groups in total. The molecule has 7 heteroatoms. The summed E-state index contributed by atoms with van der Waals surface area (Å²) in [6, 6.07) is 8.31. The Kier molecular flexibility index (Phi) is 5.91. The van der Waals surface area contributed by atoms with Crippen molar-refractivity contribution in [3.05, 3.63) is 30.3 Å². The van der Waals surface area contributed by atoms with Crippen LogP contribution in [0.4, 0.5) is 0 Å². The Morgan fingerprint density at radius 1 is 1.24 bits per heavy atom. The monoisotopic (exact) mass is 268 g/mol. The molecule has 1 aliphatic heterocycles. The van der Waals surface area contributed by atoms with Gasteiger partial charge in [-0.2, -0.15) is 8.42 Å². The SMILES string of the molecule is O=S(=O)(Oc1ccccc1)C1COCCO1.[H-].[Na+]. The summed E-state index contributed by atoms with van der Waals surface area (Å²) < 4.78 is 38.5. The first kappa shape index (κ1) is 14.9. The van der Waals surface area contributed by atoms with Crippen molar-refractivity contribution in [3.63, 3.8) is 0 Å². The maximum absolute atomic E-state index is 11.7. The van der Waals surface area contributed by atoms with Crippen molar-refractivity contribution in [3.8, 4) is 5.75 Å². The Morgan fingerprint density at radius 2 is 1.94 bits per heavy atom. The molecule has 90 valence electrons. The van der Waals surface area contributed by atoms with Crippen molar-refractivity contribution < 1.29 is 53.1 Å². The molecule has 1 fully saturated rings. The Balaban J connectivity index is 0.00000144. The summed E-state index contributed by atoms with van der Waals surface area (Å²) in [6.07, 6.45) is 0. The first-order chi connectivity index (χ1) is 7.68. The third kappa shape index (κ3) is 4.24. The summed E-state index contributed by atoms with van der Waals surface area (Å²) in [6.45, 7) is 0.689. The van der Waals surface area contributed by atoms with Gasteiger partial charge in [-0.15, -0.1) is 0 Å². The van der Waals surface area contributed by atoms with Crippen molar-refractivity contribution >= 4 is 10.1 Å². The van der Waals surface area contributed by atoms with Gasteiger partial charge in [0.15, 0.2) is 0 Å². The molecule has 1 heterocycles. The van der Waals surface area contributed by atoms with Crippen LogP contribution in [0.25, 0.3) is 0 Å². The molecule has 1 atom stereocenters. The van der Waals surface area contributed by atoms with E-state index in [9.17, 15) is 8.42 Å². The molecule has 1 aromatic rings. The maximum Gasteiger partial charge on any atom is 1.00 e. The molecule has 5 nitrogen and oxygen atoms in total. The van der Waals surface area contributed by atoms with E-state index in [1.54, 1.807) is 30.3 Å². The minimum Gasteiger partial charge on any atom is -1.00 e. The fourth-order valence-electron chi connectivity index (χ4n) is 1.30. The second-order valence-corrected chi connectivity index (χ2v) is 4.94. The average Bonchev–Trinajstić information content (AvgIpc) is 2.31. The van der Waals surface area contributed by atoms with E-state index in [2.05, 4.69) is 0 Å². The molecule has 0 bridgehead atoms. The quantitative estimate of drug-likeness (QED) is 0.463. The summed E-state index contributed by atoms with van der Waals surface area (Å²) in [5.74, 6) is 0.275. The van der Waals surface area contributed by atoms with Crippen LogP contribution in [-0.2, 0) is 19.6 Å².